The van der Waals surface area contributed by atoms with E-state index < -0.39 is 0 Å². The summed E-state index contributed by atoms with van der Waals surface area (Å²) >= 11 is 0. The molecule has 0 amide bonds. The maximum absolute atomic E-state index is 11.2. The van der Waals surface area contributed by atoms with Crippen LogP contribution >= 0.6 is 0 Å². The largest absolute Gasteiger partial charge is 0.463 e. The molecule has 0 N–H and O–H groups in total. The Kier molecular flexibility index (Phi) is 7.74. The first kappa shape index (κ1) is 15.2. The molecule has 1 fully saturated rings. The number of rotatable bonds is 6. The minimum atomic E-state index is -0.226. The molecule has 1 heterocycles. The summed E-state index contributed by atoms with van der Waals surface area (Å²) in [7, 11) is 0. The maximum atomic E-state index is 11.2. The molecule has 0 aromatic heterocycles. The fourth-order valence-corrected chi connectivity index (χ4v) is 2.59. The minimum Gasteiger partial charge on any atom is -0.463 e. The summed E-state index contributed by atoms with van der Waals surface area (Å²) in [5.74, 6) is 0.685. The van der Waals surface area contributed by atoms with Gasteiger partial charge < -0.3 is 4.74 Å². The summed E-state index contributed by atoms with van der Waals surface area (Å²) in [4.78, 5) is 13.6. The van der Waals surface area contributed by atoms with Crippen molar-refractivity contribution in [3.8, 4) is 0 Å². The zero-order valence-corrected chi connectivity index (χ0v) is 11.9. The molecular formula is C15H27NO2. The van der Waals surface area contributed by atoms with Gasteiger partial charge in [0, 0.05) is 12.6 Å². The van der Waals surface area contributed by atoms with Crippen molar-refractivity contribution in [3.05, 3.63) is 12.2 Å². The van der Waals surface area contributed by atoms with Gasteiger partial charge >= 0.3 is 5.97 Å². The number of esters is 1. The van der Waals surface area contributed by atoms with Crippen LogP contribution in [0.15, 0.2) is 12.2 Å². The summed E-state index contributed by atoms with van der Waals surface area (Å²) in [6.45, 7) is 7.74. The van der Waals surface area contributed by atoms with Gasteiger partial charge in [0.1, 0.15) is 0 Å². The van der Waals surface area contributed by atoms with Crippen molar-refractivity contribution < 1.29 is 9.53 Å². The molecule has 0 radical (unpaired) electrons. The van der Waals surface area contributed by atoms with Gasteiger partial charge in [-0.2, -0.15) is 0 Å². The van der Waals surface area contributed by atoms with E-state index in [4.69, 9.17) is 4.74 Å². The third-order valence-electron chi connectivity index (χ3n) is 3.54. The third kappa shape index (κ3) is 6.20. The van der Waals surface area contributed by atoms with Crippen LogP contribution in [0.4, 0.5) is 0 Å². The predicted molar refractivity (Wildman–Crippen MR) is 74.5 cm³/mol. The molecule has 1 atom stereocenters. The second-order valence-electron chi connectivity index (χ2n) is 5.04. The Morgan fingerprint density at radius 2 is 2.17 bits per heavy atom. The number of hydrogen-bond acceptors (Lipinski definition) is 3. The first-order valence-electron chi connectivity index (χ1n) is 7.31. The van der Waals surface area contributed by atoms with Crippen molar-refractivity contribution in [3.63, 3.8) is 0 Å². The van der Waals surface area contributed by atoms with Gasteiger partial charge in [0.05, 0.1) is 6.61 Å². The fourth-order valence-electron chi connectivity index (χ4n) is 2.59. The highest BCUT2D eigenvalue weighted by Gasteiger charge is 2.15. The zero-order valence-electron chi connectivity index (χ0n) is 11.9. The highest BCUT2D eigenvalue weighted by atomic mass is 16.5. The van der Waals surface area contributed by atoms with Crippen molar-refractivity contribution in [2.24, 2.45) is 5.92 Å². The smallest absolute Gasteiger partial charge is 0.330 e. The van der Waals surface area contributed by atoms with E-state index in [1.807, 2.05) is 13.0 Å². The van der Waals surface area contributed by atoms with Crippen molar-refractivity contribution in [1.82, 2.24) is 4.90 Å². The number of carbonyl (C=O) groups excluding carboxylic acids is 1. The summed E-state index contributed by atoms with van der Waals surface area (Å²) in [6, 6.07) is 0. The van der Waals surface area contributed by atoms with Crippen LogP contribution in [0, 0.1) is 5.92 Å². The molecule has 1 aliphatic heterocycles. The van der Waals surface area contributed by atoms with Gasteiger partial charge in [0.25, 0.3) is 0 Å². The topological polar surface area (TPSA) is 29.5 Å². The Bertz CT molecular complexity index is 263. The Labute approximate surface area is 111 Å². The van der Waals surface area contributed by atoms with Gasteiger partial charge in [-0.15, -0.1) is 0 Å². The lowest BCUT2D eigenvalue weighted by Gasteiger charge is -2.17. The van der Waals surface area contributed by atoms with E-state index in [0.717, 1.165) is 25.6 Å². The second kappa shape index (κ2) is 9.15. The highest BCUT2D eigenvalue weighted by Crippen LogP contribution is 2.21. The van der Waals surface area contributed by atoms with Gasteiger partial charge in [0.2, 0.25) is 0 Å². The molecule has 0 aromatic carbocycles. The van der Waals surface area contributed by atoms with Crippen LogP contribution in [0.1, 0.15) is 46.0 Å². The summed E-state index contributed by atoms with van der Waals surface area (Å²) < 4.78 is 4.86. The summed E-state index contributed by atoms with van der Waals surface area (Å²) in [5, 5.41) is 0. The Morgan fingerprint density at radius 1 is 1.33 bits per heavy atom. The van der Waals surface area contributed by atoms with Gasteiger partial charge in [-0.3, -0.25) is 4.90 Å². The van der Waals surface area contributed by atoms with Crippen LogP contribution in [0.25, 0.3) is 0 Å². The van der Waals surface area contributed by atoms with Gasteiger partial charge in [-0.05, 0) is 45.2 Å². The predicted octanol–water partition coefficient (Wildman–Crippen LogP) is 3.01. The molecule has 1 rings (SSSR count). The zero-order chi connectivity index (χ0) is 13.2. The van der Waals surface area contributed by atoms with E-state index in [-0.39, 0.29) is 5.97 Å². The third-order valence-corrected chi connectivity index (χ3v) is 3.54. The maximum Gasteiger partial charge on any atom is 0.330 e. The quantitative estimate of drug-likeness (QED) is 0.538. The van der Waals surface area contributed by atoms with E-state index in [2.05, 4.69) is 11.8 Å². The highest BCUT2D eigenvalue weighted by molar-refractivity contribution is 5.81. The van der Waals surface area contributed by atoms with Crippen LogP contribution in [-0.2, 0) is 9.53 Å². The standard InChI is InChI=1S/C15H27NO2/c1-3-7-14-8-5-11-16(13-10-14)12-6-9-15(17)18-4-2/h6,9,14H,3-5,7-8,10-13H2,1-2H3/b9-6+. The van der Waals surface area contributed by atoms with Gasteiger partial charge in [0.15, 0.2) is 0 Å². The first-order valence-corrected chi connectivity index (χ1v) is 7.31. The molecule has 0 saturated carbocycles. The number of hydrogen-bond donors (Lipinski definition) is 0. The van der Waals surface area contributed by atoms with Crippen LogP contribution in [0.2, 0.25) is 0 Å². The number of nitrogens with zero attached hydrogens (tertiary/aromatic N) is 1. The molecule has 0 aromatic rings. The van der Waals surface area contributed by atoms with E-state index in [0.29, 0.717) is 6.61 Å². The molecule has 0 aliphatic carbocycles. The number of ether oxygens (including phenoxy) is 1. The molecule has 3 heteroatoms. The first-order chi connectivity index (χ1) is 8.76. The monoisotopic (exact) mass is 253 g/mol. The lowest BCUT2D eigenvalue weighted by Crippen LogP contribution is -2.25. The average Bonchev–Trinajstić information content (AvgIpc) is 2.56. The van der Waals surface area contributed by atoms with Crippen molar-refractivity contribution >= 4 is 5.97 Å². The van der Waals surface area contributed by atoms with E-state index in [9.17, 15) is 4.79 Å². The van der Waals surface area contributed by atoms with Crippen molar-refractivity contribution in [1.29, 1.82) is 0 Å². The van der Waals surface area contributed by atoms with Crippen LogP contribution in [0.5, 0.6) is 0 Å². The SMILES string of the molecule is CCCC1CCCN(C/C=C/C(=O)OCC)CC1. The van der Waals surface area contributed by atoms with Crippen molar-refractivity contribution in [2.75, 3.05) is 26.2 Å². The van der Waals surface area contributed by atoms with E-state index in [1.54, 1.807) is 6.08 Å². The van der Waals surface area contributed by atoms with Crippen LogP contribution in [0.3, 0.4) is 0 Å². The lowest BCUT2D eigenvalue weighted by molar-refractivity contribution is -0.137. The fraction of sp³-hybridized carbons (Fsp3) is 0.800. The Morgan fingerprint density at radius 3 is 2.89 bits per heavy atom. The second-order valence-corrected chi connectivity index (χ2v) is 5.04. The molecule has 0 bridgehead atoms. The summed E-state index contributed by atoms with van der Waals surface area (Å²) in [5.41, 5.74) is 0. The lowest BCUT2D eigenvalue weighted by atomic mass is 9.96. The van der Waals surface area contributed by atoms with E-state index >= 15 is 0 Å². The molecular weight excluding hydrogens is 226 g/mol. The minimum absolute atomic E-state index is 0.226. The normalized spacial score (nSPS) is 22.0. The molecule has 18 heavy (non-hydrogen) atoms. The number of likely N-dealkylation sites (tertiary alicyclic amines) is 1. The number of carbonyl (C=O) groups is 1. The van der Waals surface area contributed by atoms with E-state index in [1.165, 1.54) is 32.1 Å². The molecule has 104 valence electrons. The Balaban J connectivity index is 2.24. The van der Waals surface area contributed by atoms with Crippen LogP contribution < -0.4 is 0 Å². The van der Waals surface area contributed by atoms with Crippen LogP contribution in [-0.4, -0.2) is 37.1 Å². The molecule has 1 unspecified atom stereocenters. The Hall–Kier alpha value is -0.830. The molecule has 1 aliphatic rings. The molecule has 0 spiro atoms. The average molecular weight is 253 g/mol. The molecule has 1 saturated heterocycles. The molecule has 3 nitrogen and oxygen atoms in total. The van der Waals surface area contributed by atoms with Gasteiger partial charge in [-0.1, -0.05) is 25.8 Å². The van der Waals surface area contributed by atoms with Gasteiger partial charge in [-0.25, -0.2) is 4.79 Å². The summed E-state index contributed by atoms with van der Waals surface area (Å²) in [6.07, 6.45) is 10.1. The van der Waals surface area contributed by atoms with Crippen molar-refractivity contribution in [2.45, 2.75) is 46.0 Å².